The molecule has 1 atom stereocenters. The Hall–Kier alpha value is -2.46. The lowest BCUT2D eigenvalue weighted by atomic mass is 10.1. The van der Waals surface area contributed by atoms with Gasteiger partial charge in [-0.1, -0.05) is 36.4 Å². The highest BCUT2D eigenvalue weighted by Gasteiger charge is 2.13. The molecule has 110 valence electrons. The molecule has 4 heteroatoms. The number of hydrogen-bond acceptors (Lipinski definition) is 3. The molecule has 2 aromatic carbocycles. The summed E-state index contributed by atoms with van der Waals surface area (Å²) in [6, 6.07) is 20.9. The molecule has 0 spiro atoms. The van der Waals surface area contributed by atoms with Gasteiger partial charge in [0.1, 0.15) is 21.6 Å². The van der Waals surface area contributed by atoms with Crippen molar-refractivity contribution in [3.05, 3.63) is 72.9 Å². The second-order valence-electron chi connectivity index (χ2n) is 4.66. The quantitative estimate of drug-likeness (QED) is 0.733. The van der Waals surface area contributed by atoms with Crippen LogP contribution in [0.5, 0.6) is 5.75 Å². The zero-order valence-electron chi connectivity index (χ0n) is 12.1. The second kappa shape index (κ2) is 6.54. The van der Waals surface area contributed by atoms with Crippen LogP contribution in [0.25, 0.3) is 11.1 Å². The molecule has 0 N–H and O–H groups in total. The molecule has 0 aliphatic rings. The number of pyridine rings is 1. The third-order valence-corrected chi connectivity index (χ3v) is 4.69. The summed E-state index contributed by atoms with van der Waals surface area (Å²) in [7, 11) is 0.330. The fourth-order valence-electron chi connectivity index (χ4n) is 2.21. The minimum atomic E-state index is -1.31. The number of ether oxygens (including phenoxy) is 1. The fraction of sp³-hybridized carbons (Fsp3) is 0.0556. The molecule has 0 aliphatic heterocycles. The SMILES string of the molecule is COc1ccc(-c2ccccc2S(=O)c2ccccn2)cc1. The van der Waals surface area contributed by atoms with Gasteiger partial charge in [-0.15, -0.1) is 0 Å². The van der Waals surface area contributed by atoms with Gasteiger partial charge in [0.25, 0.3) is 0 Å². The van der Waals surface area contributed by atoms with Crippen molar-refractivity contribution in [3.63, 3.8) is 0 Å². The number of benzene rings is 2. The van der Waals surface area contributed by atoms with Gasteiger partial charge in [-0.25, -0.2) is 9.19 Å². The lowest BCUT2D eigenvalue weighted by molar-refractivity contribution is 0.415. The number of rotatable bonds is 4. The first kappa shape index (κ1) is 14.5. The summed E-state index contributed by atoms with van der Waals surface area (Å²) < 4.78 is 18.0. The Labute approximate surface area is 132 Å². The third-order valence-electron chi connectivity index (χ3n) is 3.32. The Balaban J connectivity index is 2.04. The van der Waals surface area contributed by atoms with Crippen LogP contribution in [-0.2, 0) is 10.8 Å². The predicted octanol–water partition coefficient (Wildman–Crippen LogP) is 3.92. The summed E-state index contributed by atoms with van der Waals surface area (Å²) in [4.78, 5) is 4.95. The molecule has 3 aromatic rings. The zero-order chi connectivity index (χ0) is 15.4. The maximum atomic E-state index is 12.8. The molecule has 22 heavy (non-hydrogen) atoms. The first-order valence-corrected chi connectivity index (χ1v) is 8.01. The van der Waals surface area contributed by atoms with E-state index in [1.54, 1.807) is 19.4 Å². The van der Waals surface area contributed by atoms with Gasteiger partial charge in [0.2, 0.25) is 0 Å². The Morgan fingerprint density at radius 3 is 2.32 bits per heavy atom. The maximum absolute atomic E-state index is 12.8. The van der Waals surface area contributed by atoms with Gasteiger partial charge >= 0.3 is 0 Å². The summed E-state index contributed by atoms with van der Waals surface area (Å²) in [5, 5.41) is 0.559. The van der Waals surface area contributed by atoms with Gasteiger partial charge in [-0.3, -0.25) is 0 Å². The Bertz CT molecular complexity index is 786. The number of nitrogens with zero attached hydrogens (tertiary/aromatic N) is 1. The molecule has 3 nitrogen and oxygen atoms in total. The summed E-state index contributed by atoms with van der Waals surface area (Å²) >= 11 is 0. The van der Waals surface area contributed by atoms with Gasteiger partial charge in [-0.05, 0) is 41.5 Å². The number of hydrogen-bond donors (Lipinski definition) is 0. The molecule has 1 unspecified atom stereocenters. The van der Waals surface area contributed by atoms with E-state index in [4.69, 9.17) is 4.74 Å². The molecular weight excluding hydrogens is 294 g/mol. The van der Waals surface area contributed by atoms with Gasteiger partial charge in [0.05, 0.1) is 12.0 Å². The van der Waals surface area contributed by atoms with E-state index < -0.39 is 10.8 Å². The Morgan fingerprint density at radius 1 is 0.909 bits per heavy atom. The third kappa shape index (κ3) is 2.92. The summed E-state index contributed by atoms with van der Waals surface area (Å²) in [5.74, 6) is 0.798. The van der Waals surface area contributed by atoms with E-state index in [2.05, 4.69) is 4.98 Å². The smallest absolute Gasteiger partial charge is 0.132 e. The van der Waals surface area contributed by atoms with Crippen molar-refractivity contribution in [3.8, 4) is 16.9 Å². The Kier molecular flexibility index (Phi) is 4.30. The van der Waals surface area contributed by atoms with Crippen molar-refractivity contribution in [2.24, 2.45) is 0 Å². The van der Waals surface area contributed by atoms with E-state index in [1.807, 2.05) is 60.7 Å². The van der Waals surface area contributed by atoms with Crippen LogP contribution in [0.3, 0.4) is 0 Å². The van der Waals surface area contributed by atoms with Gasteiger partial charge < -0.3 is 4.74 Å². The van der Waals surface area contributed by atoms with Crippen molar-refractivity contribution in [1.82, 2.24) is 4.98 Å². The molecule has 0 saturated heterocycles. The highest BCUT2D eigenvalue weighted by atomic mass is 32.2. The van der Waals surface area contributed by atoms with Gasteiger partial charge in [0, 0.05) is 6.20 Å². The van der Waals surface area contributed by atoms with Crippen LogP contribution in [0.2, 0.25) is 0 Å². The van der Waals surface area contributed by atoms with Crippen LogP contribution in [-0.4, -0.2) is 16.3 Å². The molecule has 1 heterocycles. The Morgan fingerprint density at radius 2 is 1.64 bits per heavy atom. The first-order valence-electron chi connectivity index (χ1n) is 6.86. The predicted molar refractivity (Wildman–Crippen MR) is 87.3 cm³/mol. The van der Waals surface area contributed by atoms with E-state index in [-0.39, 0.29) is 0 Å². The normalized spacial score (nSPS) is 11.9. The monoisotopic (exact) mass is 309 g/mol. The first-order chi connectivity index (χ1) is 10.8. The highest BCUT2D eigenvalue weighted by Crippen LogP contribution is 2.29. The minimum absolute atomic E-state index is 0.559. The molecule has 0 radical (unpaired) electrons. The molecule has 0 bridgehead atoms. The van der Waals surface area contributed by atoms with Crippen LogP contribution in [0.1, 0.15) is 0 Å². The molecule has 1 aromatic heterocycles. The number of methoxy groups -OCH3 is 1. The van der Waals surface area contributed by atoms with Crippen LogP contribution in [0, 0.1) is 0 Å². The lowest BCUT2D eigenvalue weighted by Crippen LogP contribution is -1.98. The van der Waals surface area contributed by atoms with Crippen LogP contribution in [0.4, 0.5) is 0 Å². The molecule has 0 aliphatic carbocycles. The van der Waals surface area contributed by atoms with E-state index >= 15 is 0 Å². The molecule has 0 amide bonds. The van der Waals surface area contributed by atoms with Crippen molar-refractivity contribution in [1.29, 1.82) is 0 Å². The average molecular weight is 309 g/mol. The summed E-state index contributed by atoms with van der Waals surface area (Å²) in [5.41, 5.74) is 1.94. The lowest BCUT2D eigenvalue weighted by Gasteiger charge is -2.09. The zero-order valence-corrected chi connectivity index (χ0v) is 12.9. The van der Waals surface area contributed by atoms with Crippen molar-refractivity contribution in [2.45, 2.75) is 9.92 Å². The average Bonchev–Trinajstić information content (AvgIpc) is 2.62. The minimum Gasteiger partial charge on any atom is -0.497 e. The van der Waals surface area contributed by atoms with Gasteiger partial charge in [0.15, 0.2) is 0 Å². The van der Waals surface area contributed by atoms with E-state index in [1.165, 1.54) is 0 Å². The molecule has 3 rings (SSSR count). The van der Waals surface area contributed by atoms with E-state index in [0.29, 0.717) is 5.03 Å². The van der Waals surface area contributed by atoms with Crippen molar-refractivity contribution in [2.75, 3.05) is 7.11 Å². The molecule has 0 saturated carbocycles. The number of aromatic nitrogens is 1. The largest absolute Gasteiger partial charge is 0.497 e. The maximum Gasteiger partial charge on any atom is 0.132 e. The summed E-state index contributed by atoms with van der Waals surface area (Å²) in [6.45, 7) is 0. The molecule has 0 fully saturated rings. The van der Waals surface area contributed by atoms with Crippen molar-refractivity contribution < 1.29 is 8.95 Å². The second-order valence-corrected chi connectivity index (χ2v) is 6.06. The fourth-order valence-corrected chi connectivity index (χ4v) is 3.38. The highest BCUT2D eigenvalue weighted by molar-refractivity contribution is 7.85. The van der Waals surface area contributed by atoms with Crippen LogP contribution in [0.15, 0.2) is 82.8 Å². The van der Waals surface area contributed by atoms with E-state index in [9.17, 15) is 4.21 Å². The van der Waals surface area contributed by atoms with Crippen LogP contribution >= 0.6 is 0 Å². The van der Waals surface area contributed by atoms with Crippen LogP contribution < -0.4 is 4.74 Å². The standard InChI is InChI=1S/C18H15NO2S/c1-21-15-11-9-14(10-12-15)16-6-2-3-7-17(16)22(20)18-8-4-5-13-19-18/h2-13H,1H3. The topological polar surface area (TPSA) is 39.2 Å². The summed E-state index contributed by atoms with van der Waals surface area (Å²) in [6.07, 6.45) is 1.66. The van der Waals surface area contributed by atoms with Crippen molar-refractivity contribution >= 4 is 10.8 Å². The molecular formula is C18H15NO2S. The van der Waals surface area contributed by atoms with E-state index in [0.717, 1.165) is 21.8 Å². The van der Waals surface area contributed by atoms with Gasteiger partial charge in [-0.2, -0.15) is 0 Å².